The summed E-state index contributed by atoms with van der Waals surface area (Å²) in [7, 11) is 0. The molecule has 2 aromatic carbocycles. The van der Waals surface area contributed by atoms with Gasteiger partial charge in [0.25, 0.3) is 5.91 Å². The number of ether oxygens (including phenoxy) is 1. The SMILES string of the molecule is CCc1cccc(C)c1NC(=O)COC(=O)CCc1ccccc1. The van der Waals surface area contributed by atoms with Crippen LogP contribution in [0.4, 0.5) is 5.69 Å². The Morgan fingerprint density at radius 2 is 1.79 bits per heavy atom. The van der Waals surface area contributed by atoms with Gasteiger partial charge in [-0.05, 0) is 36.5 Å². The van der Waals surface area contributed by atoms with Crippen LogP contribution in [0.2, 0.25) is 0 Å². The van der Waals surface area contributed by atoms with Crippen molar-refractivity contribution in [2.75, 3.05) is 11.9 Å². The monoisotopic (exact) mass is 325 g/mol. The van der Waals surface area contributed by atoms with Crippen molar-refractivity contribution in [1.29, 1.82) is 0 Å². The minimum absolute atomic E-state index is 0.259. The highest BCUT2D eigenvalue weighted by molar-refractivity contribution is 5.94. The molecule has 0 aliphatic rings. The molecule has 0 spiro atoms. The Morgan fingerprint density at radius 1 is 1.04 bits per heavy atom. The molecule has 24 heavy (non-hydrogen) atoms. The van der Waals surface area contributed by atoms with Crippen LogP contribution in [-0.2, 0) is 27.2 Å². The Labute approximate surface area is 142 Å². The lowest BCUT2D eigenvalue weighted by Crippen LogP contribution is -2.22. The van der Waals surface area contributed by atoms with Crippen LogP contribution in [0.5, 0.6) is 0 Å². The summed E-state index contributed by atoms with van der Waals surface area (Å²) in [6.07, 6.45) is 1.70. The number of rotatable bonds is 7. The van der Waals surface area contributed by atoms with Gasteiger partial charge in [0.2, 0.25) is 0 Å². The summed E-state index contributed by atoms with van der Waals surface area (Å²) < 4.78 is 5.06. The lowest BCUT2D eigenvalue weighted by Gasteiger charge is -2.13. The Balaban J connectivity index is 1.80. The number of esters is 1. The molecular weight excluding hydrogens is 302 g/mol. The van der Waals surface area contributed by atoms with Gasteiger partial charge >= 0.3 is 5.97 Å². The van der Waals surface area contributed by atoms with Gasteiger partial charge in [0, 0.05) is 12.1 Å². The van der Waals surface area contributed by atoms with Crippen molar-refractivity contribution in [2.45, 2.75) is 33.1 Å². The van der Waals surface area contributed by atoms with Gasteiger partial charge < -0.3 is 10.1 Å². The van der Waals surface area contributed by atoms with E-state index in [-0.39, 0.29) is 24.9 Å². The van der Waals surface area contributed by atoms with Gasteiger partial charge in [-0.3, -0.25) is 9.59 Å². The zero-order valence-corrected chi connectivity index (χ0v) is 14.2. The highest BCUT2D eigenvalue weighted by Gasteiger charge is 2.11. The predicted molar refractivity (Wildman–Crippen MR) is 94.9 cm³/mol. The summed E-state index contributed by atoms with van der Waals surface area (Å²) >= 11 is 0. The summed E-state index contributed by atoms with van der Waals surface area (Å²) in [6.45, 7) is 3.72. The van der Waals surface area contributed by atoms with Crippen LogP contribution in [0.25, 0.3) is 0 Å². The Morgan fingerprint density at radius 3 is 2.50 bits per heavy atom. The zero-order valence-electron chi connectivity index (χ0n) is 14.2. The van der Waals surface area contributed by atoms with Crippen LogP contribution >= 0.6 is 0 Å². The maximum Gasteiger partial charge on any atom is 0.306 e. The van der Waals surface area contributed by atoms with E-state index in [9.17, 15) is 9.59 Å². The van der Waals surface area contributed by atoms with Crippen LogP contribution < -0.4 is 5.32 Å². The third-order valence-corrected chi connectivity index (χ3v) is 3.83. The van der Waals surface area contributed by atoms with Gasteiger partial charge in [-0.25, -0.2) is 0 Å². The molecule has 0 aromatic heterocycles. The number of nitrogens with one attached hydrogen (secondary N) is 1. The van der Waals surface area contributed by atoms with Gasteiger partial charge in [0.15, 0.2) is 6.61 Å². The molecule has 2 rings (SSSR count). The zero-order chi connectivity index (χ0) is 17.4. The van der Waals surface area contributed by atoms with E-state index in [1.54, 1.807) is 0 Å². The predicted octanol–water partition coefficient (Wildman–Crippen LogP) is 3.67. The van der Waals surface area contributed by atoms with E-state index < -0.39 is 0 Å². The minimum Gasteiger partial charge on any atom is -0.456 e. The molecule has 1 amide bonds. The molecule has 2 aromatic rings. The van der Waals surface area contributed by atoms with Crippen molar-refractivity contribution in [3.8, 4) is 0 Å². The molecule has 1 N–H and O–H groups in total. The van der Waals surface area contributed by atoms with E-state index in [1.165, 1.54) is 0 Å². The van der Waals surface area contributed by atoms with Crippen molar-refractivity contribution >= 4 is 17.6 Å². The third kappa shape index (κ3) is 5.23. The first-order valence-electron chi connectivity index (χ1n) is 8.18. The van der Waals surface area contributed by atoms with Crippen LogP contribution in [0, 0.1) is 6.92 Å². The molecule has 0 bridgehead atoms. The van der Waals surface area contributed by atoms with E-state index in [4.69, 9.17) is 4.74 Å². The molecule has 0 atom stereocenters. The average Bonchev–Trinajstić information content (AvgIpc) is 2.60. The average molecular weight is 325 g/mol. The van der Waals surface area contributed by atoms with Crippen LogP contribution in [0.1, 0.15) is 30.0 Å². The number of anilines is 1. The summed E-state index contributed by atoms with van der Waals surface area (Å²) in [6, 6.07) is 15.6. The van der Waals surface area contributed by atoms with Gasteiger partial charge in [-0.2, -0.15) is 0 Å². The molecule has 0 saturated carbocycles. The molecule has 0 fully saturated rings. The molecule has 0 aliphatic heterocycles. The maximum atomic E-state index is 12.0. The Bertz CT molecular complexity index is 695. The van der Waals surface area contributed by atoms with E-state index in [0.29, 0.717) is 6.42 Å². The van der Waals surface area contributed by atoms with Gasteiger partial charge in [0.05, 0.1) is 0 Å². The first-order chi connectivity index (χ1) is 11.6. The molecule has 0 unspecified atom stereocenters. The summed E-state index contributed by atoms with van der Waals surface area (Å²) in [5, 5.41) is 2.84. The number of carbonyl (C=O) groups is 2. The van der Waals surface area contributed by atoms with Crippen molar-refractivity contribution in [2.24, 2.45) is 0 Å². The second kappa shape index (κ2) is 8.87. The topological polar surface area (TPSA) is 55.4 Å². The Hall–Kier alpha value is -2.62. The summed E-state index contributed by atoms with van der Waals surface area (Å²) in [4.78, 5) is 23.8. The quantitative estimate of drug-likeness (QED) is 0.790. The minimum atomic E-state index is -0.366. The standard InChI is InChI=1S/C20H23NO3/c1-3-17-11-7-8-15(2)20(17)21-18(22)14-24-19(23)13-12-16-9-5-4-6-10-16/h4-11H,3,12-14H2,1-2H3,(H,21,22). The largest absolute Gasteiger partial charge is 0.456 e. The highest BCUT2D eigenvalue weighted by atomic mass is 16.5. The number of amides is 1. The van der Waals surface area contributed by atoms with Gasteiger partial charge in [-0.15, -0.1) is 0 Å². The maximum absolute atomic E-state index is 12.0. The molecule has 4 nitrogen and oxygen atoms in total. The number of hydrogen-bond donors (Lipinski definition) is 1. The van der Waals surface area contributed by atoms with Crippen molar-refractivity contribution in [1.82, 2.24) is 0 Å². The molecule has 0 radical (unpaired) electrons. The van der Waals surface area contributed by atoms with Gasteiger partial charge in [-0.1, -0.05) is 55.5 Å². The first kappa shape index (κ1) is 17.7. The molecular formula is C20H23NO3. The smallest absolute Gasteiger partial charge is 0.306 e. The van der Waals surface area contributed by atoms with Crippen molar-refractivity contribution in [3.63, 3.8) is 0 Å². The molecule has 0 heterocycles. The normalized spacial score (nSPS) is 10.2. The van der Waals surface area contributed by atoms with Crippen molar-refractivity contribution < 1.29 is 14.3 Å². The lowest BCUT2D eigenvalue weighted by molar-refractivity contribution is -0.147. The van der Waals surface area contributed by atoms with E-state index >= 15 is 0 Å². The second-order valence-corrected chi connectivity index (χ2v) is 5.66. The number of hydrogen-bond acceptors (Lipinski definition) is 3. The lowest BCUT2D eigenvalue weighted by atomic mass is 10.1. The number of aryl methyl sites for hydroxylation is 3. The number of para-hydroxylation sites is 1. The number of carbonyl (C=O) groups excluding carboxylic acids is 2. The summed E-state index contributed by atoms with van der Waals surface area (Å²) in [5.41, 5.74) is 3.95. The van der Waals surface area contributed by atoms with E-state index in [1.807, 2.05) is 62.4 Å². The fraction of sp³-hybridized carbons (Fsp3) is 0.300. The van der Waals surface area contributed by atoms with Crippen molar-refractivity contribution in [3.05, 3.63) is 65.2 Å². The van der Waals surface area contributed by atoms with E-state index in [2.05, 4.69) is 5.32 Å². The highest BCUT2D eigenvalue weighted by Crippen LogP contribution is 2.20. The molecule has 0 saturated heterocycles. The first-order valence-corrected chi connectivity index (χ1v) is 8.18. The fourth-order valence-corrected chi connectivity index (χ4v) is 2.49. The van der Waals surface area contributed by atoms with Crippen LogP contribution in [0.15, 0.2) is 48.5 Å². The Kier molecular flexibility index (Phi) is 6.55. The third-order valence-electron chi connectivity index (χ3n) is 3.83. The molecule has 4 heteroatoms. The molecule has 126 valence electrons. The number of benzene rings is 2. The van der Waals surface area contributed by atoms with Crippen LogP contribution in [0.3, 0.4) is 0 Å². The van der Waals surface area contributed by atoms with E-state index in [0.717, 1.165) is 28.8 Å². The van der Waals surface area contributed by atoms with Crippen LogP contribution in [-0.4, -0.2) is 18.5 Å². The van der Waals surface area contributed by atoms with Gasteiger partial charge in [0.1, 0.15) is 0 Å². The fourth-order valence-electron chi connectivity index (χ4n) is 2.49. The summed E-state index contributed by atoms with van der Waals surface area (Å²) in [5.74, 6) is -0.679. The second-order valence-electron chi connectivity index (χ2n) is 5.66. The molecule has 0 aliphatic carbocycles.